The van der Waals surface area contributed by atoms with Gasteiger partial charge < -0.3 is 14.6 Å². The molecule has 118 valence electrons. The van der Waals surface area contributed by atoms with E-state index in [9.17, 15) is 4.79 Å². The van der Waals surface area contributed by atoms with Crippen LogP contribution in [0.1, 0.15) is 38.8 Å². The second-order valence-corrected chi connectivity index (χ2v) is 7.10. The fraction of sp³-hybridized carbons (Fsp3) is 0.500. The molecule has 0 aliphatic carbocycles. The van der Waals surface area contributed by atoms with E-state index < -0.39 is 5.60 Å². The Labute approximate surface area is 134 Å². The number of carbonyl (C=O) groups is 1. The summed E-state index contributed by atoms with van der Waals surface area (Å²) in [6, 6.07) is 3.82. The van der Waals surface area contributed by atoms with Crippen molar-refractivity contribution >= 4 is 28.7 Å². The zero-order chi connectivity index (χ0) is 15.9. The zero-order valence-electron chi connectivity index (χ0n) is 13.0. The largest absolute Gasteiger partial charge is 0.444 e. The summed E-state index contributed by atoms with van der Waals surface area (Å²) >= 11 is 6.18. The maximum atomic E-state index is 12.1. The second kappa shape index (κ2) is 5.47. The number of pyridine rings is 1. The van der Waals surface area contributed by atoms with Gasteiger partial charge in [-0.15, -0.1) is 0 Å². The van der Waals surface area contributed by atoms with Crippen molar-refractivity contribution in [3.63, 3.8) is 0 Å². The van der Waals surface area contributed by atoms with Gasteiger partial charge in [-0.25, -0.2) is 9.78 Å². The molecule has 2 aromatic heterocycles. The van der Waals surface area contributed by atoms with Gasteiger partial charge in [-0.3, -0.25) is 0 Å². The third-order valence-electron chi connectivity index (χ3n) is 3.78. The number of H-pyrrole nitrogens is 1. The molecule has 1 fully saturated rings. The first-order valence-electron chi connectivity index (χ1n) is 7.44. The highest BCUT2D eigenvalue weighted by Crippen LogP contribution is 2.31. The van der Waals surface area contributed by atoms with E-state index >= 15 is 0 Å². The van der Waals surface area contributed by atoms with Crippen molar-refractivity contribution in [2.75, 3.05) is 13.1 Å². The lowest BCUT2D eigenvalue weighted by Gasteiger charge is -2.24. The molecule has 1 N–H and O–H groups in total. The molecule has 6 heteroatoms. The fourth-order valence-corrected chi connectivity index (χ4v) is 2.94. The third-order valence-corrected chi connectivity index (χ3v) is 4.11. The Morgan fingerprint density at radius 3 is 2.95 bits per heavy atom. The number of nitrogens with one attached hydrogen (secondary N) is 1. The molecule has 0 bridgehead atoms. The number of aromatic amines is 1. The van der Waals surface area contributed by atoms with Gasteiger partial charge in [0.15, 0.2) is 0 Å². The van der Waals surface area contributed by atoms with Crippen LogP contribution >= 0.6 is 11.6 Å². The van der Waals surface area contributed by atoms with Gasteiger partial charge in [-0.1, -0.05) is 11.6 Å². The molecule has 5 nitrogen and oxygen atoms in total. The lowest BCUT2D eigenvalue weighted by Crippen LogP contribution is -2.35. The summed E-state index contributed by atoms with van der Waals surface area (Å²) in [5.41, 5.74) is 1.40. The molecule has 0 aromatic carbocycles. The van der Waals surface area contributed by atoms with Gasteiger partial charge in [-0.05, 0) is 39.3 Å². The van der Waals surface area contributed by atoms with E-state index in [1.54, 1.807) is 17.2 Å². The average molecular weight is 322 g/mol. The second-order valence-electron chi connectivity index (χ2n) is 6.69. The highest BCUT2D eigenvalue weighted by molar-refractivity contribution is 6.35. The number of fused-ring (bicyclic) bond motifs is 1. The van der Waals surface area contributed by atoms with Crippen molar-refractivity contribution in [3.8, 4) is 0 Å². The number of aromatic nitrogens is 2. The lowest BCUT2D eigenvalue weighted by atomic mass is 10.1. The summed E-state index contributed by atoms with van der Waals surface area (Å²) in [4.78, 5) is 21.5. The SMILES string of the molecule is CC(C)(C)OC(=O)N1CCC(c2cc3c(Cl)ccnc3[nH]2)C1. The van der Waals surface area contributed by atoms with Crippen LogP contribution in [0.3, 0.4) is 0 Å². The minimum Gasteiger partial charge on any atom is -0.444 e. The molecule has 1 atom stereocenters. The summed E-state index contributed by atoms with van der Waals surface area (Å²) < 4.78 is 5.43. The molecular weight excluding hydrogens is 302 g/mol. The van der Waals surface area contributed by atoms with Gasteiger partial charge in [0, 0.05) is 36.3 Å². The van der Waals surface area contributed by atoms with E-state index in [4.69, 9.17) is 16.3 Å². The average Bonchev–Trinajstić information content (AvgIpc) is 3.03. The summed E-state index contributed by atoms with van der Waals surface area (Å²) in [7, 11) is 0. The minimum absolute atomic E-state index is 0.248. The highest BCUT2D eigenvalue weighted by atomic mass is 35.5. The number of hydrogen-bond donors (Lipinski definition) is 1. The molecule has 1 amide bonds. The number of nitrogens with zero attached hydrogens (tertiary/aromatic N) is 2. The molecule has 1 aliphatic heterocycles. The van der Waals surface area contributed by atoms with E-state index in [1.165, 1.54) is 0 Å². The maximum Gasteiger partial charge on any atom is 0.410 e. The van der Waals surface area contributed by atoms with Crippen LogP contribution in [0.25, 0.3) is 11.0 Å². The maximum absolute atomic E-state index is 12.1. The molecule has 1 aliphatic rings. The van der Waals surface area contributed by atoms with Crippen molar-refractivity contribution in [3.05, 3.63) is 29.0 Å². The topological polar surface area (TPSA) is 58.2 Å². The number of halogens is 1. The monoisotopic (exact) mass is 321 g/mol. The van der Waals surface area contributed by atoms with Gasteiger partial charge in [0.2, 0.25) is 0 Å². The number of hydrogen-bond acceptors (Lipinski definition) is 3. The van der Waals surface area contributed by atoms with E-state index in [2.05, 4.69) is 9.97 Å². The predicted octanol–water partition coefficient (Wildman–Crippen LogP) is 3.94. The molecule has 3 rings (SSSR count). The van der Waals surface area contributed by atoms with Gasteiger partial charge >= 0.3 is 6.09 Å². The Morgan fingerprint density at radius 1 is 1.50 bits per heavy atom. The van der Waals surface area contributed by atoms with Crippen LogP contribution < -0.4 is 0 Å². The van der Waals surface area contributed by atoms with Gasteiger partial charge in [-0.2, -0.15) is 0 Å². The first-order valence-corrected chi connectivity index (χ1v) is 7.82. The summed E-state index contributed by atoms with van der Waals surface area (Å²) in [5.74, 6) is 0.262. The summed E-state index contributed by atoms with van der Waals surface area (Å²) in [6.07, 6.45) is 2.35. The van der Waals surface area contributed by atoms with Gasteiger partial charge in [0.1, 0.15) is 11.2 Å². The molecule has 0 radical (unpaired) electrons. The first-order chi connectivity index (χ1) is 10.3. The fourth-order valence-electron chi connectivity index (χ4n) is 2.74. The minimum atomic E-state index is -0.465. The van der Waals surface area contributed by atoms with Crippen LogP contribution in [0, 0.1) is 0 Å². The van der Waals surface area contributed by atoms with Crippen molar-refractivity contribution in [1.82, 2.24) is 14.9 Å². The molecule has 0 spiro atoms. The van der Waals surface area contributed by atoms with Crippen LogP contribution in [-0.2, 0) is 4.74 Å². The Morgan fingerprint density at radius 2 is 2.27 bits per heavy atom. The van der Waals surface area contributed by atoms with Crippen LogP contribution in [-0.4, -0.2) is 39.7 Å². The van der Waals surface area contributed by atoms with E-state index in [0.29, 0.717) is 18.1 Å². The van der Waals surface area contributed by atoms with Gasteiger partial charge in [0.25, 0.3) is 0 Å². The summed E-state index contributed by atoms with van der Waals surface area (Å²) in [6.45, 7) is 6.99. The molecular formula is C16H20ClN3O2. The van der Waals surface area contributed by atoms with Crippen LogP contribution in [0.15, 0.2) is 18.3 Å². The predicted molar refractivity (Wildman–Crippen MR) is 86.3 cm³/mol. The number of ether oxygens (including phenoxy) is 1. The first kappa shape index (κ1) is 15.2. The quantitative estimate of drug-likeness (QED) is 0.865. The van der Waals surface area contributed by atoms with Crippen molar-refractivity contribution in [2.45, 2.75) is 38.7 Å². The Balaban J connectivity index is 1.74. The van der Waals surface area contributed by atoms with Crippen molar-refractivity contribution < 1.29 is 9.53 Å². The molecule has 2 aromatic rings. The van der Waals surface area contributed by atoms with Gasteiger partial charge in [0.05, 0.1) is 5.02 Å². The van der Waals surface area contributed by atoms with Crippen LogP contribution in [0.2, 0.25) is 5.02 Å². The molecule has 22 heavy (non-hydrogen) atoms. The van der Waals surface area contributed by atoms with E-state index in [-0.39, 0.29) is 12.0 Å². The summed E-state index contributed by atoms with van der Waals surface area (Å²) in [5, 5.41) is 1.62. The van der Waals surface area contributed by atoms with Crippen LogP contribution in [0.4, 0.5) is 4.79 Å². The Kier molecular flexibility index (Phi) is 3.77. The number of carbonyl (C=O) groups excluding carboxylic acids is 1. The van der Waals surface area contributed by atoms with E-state index in [0.717, 1.165) is 23.1 Å². The Hall–Kier alpha value is -1.75. The number of rotatable bonds is 1. The number of likely N-dealkylation sites (tertiary alicyclic amines) is 1. The zero-order valence-corrected chi connectivity index (χ0v) is 13.8. The van der Waals surface area contributed by atoms with Crippen LogP contribution in [0.5, 0.6) is 0 Å². The molecule has 1 saturated heterocycles. The third kappa shape index (κ3) is 3.04. The van der Waals surface area contributed by atoms with Crippen molar-refractivity contribution in [2.24, 2.45) is 0 Å². The van der Waals surface area contributed by atoms with E-state index in [1.807, 2.05) is 26.8 Å². The normalized spacial score (nSPS) is 18.9. The Bertz CT molecular complexity index is 705. The standard InChI is InChI=1S/C16H20ClN3O2/c1-16(2,3)22-15(21)20-7-5-10(9-20)13-8-11-12(17)4-6-18-14(11)19-13/h4,6,8,10H,5,7,9H2,1-3H3,(H,18,19). The lowest BCUT2D eigenvalue weighted by molar-refractivity contribution is 0.0292. The number of amides is 1. The highest BCUT2D eigenvalue weighted by Gasteiger charge is 2.31. The van der Waals surface area contributed by atoms with Crippen molar-refractivity contribution in [1.29, 1.82) is 0 Å². The molecule has 3 heterocycles. The molecule has 1 unspecified atom stereocenters. The molecule has 0 saturated carbocycles. The smallest absolute Gasteiger partial charge is 0.410 e.